The van der Waals surface area contributed by atoms with Crippen LogP contribution < -0.4 is 0 Å². The van der Waals surface area contributed by atoms with Crippen molar-refractivity contribution in [2.75, 3.05) is 21.3 Å². The van der Waals surface area contributed by atoms with Crippen molar-refractivity contribution in [1.82, 2.24) is 29.0 Å². The number of carbonyl (C=O) groups is 2. The van der Waals surface area contributed by atoms with Gasteiger partial charge in [-0.3, -0.25) is 19.1 Å². The largest absolute Gasteiger partial charge is 0.508 e. The molecule has 0 radical (unpaired) electrons. The Morgan fingerprint density at radius 3 is 2.54 bits per heavy atom. The van der Waals surface area contributed by atoms with Crippen molar-refractivity contribution in [3.63, 3.8) is 0 Å². The molecule has 13 heteroatoms. The molecule has 0 saturated carbocycles. The fourth-order valence-electron chi connectivity index (χ4n) is 7.19. The first-order chi connectivity index (χ1) is 23.9. The van der Waals surface area contributed by atoms with Crippen LogP contribution in [0.5, 0.6) is 5.75 Å². The molecule has 5 aromatic rings. The third-order valence-corrected chi connectivity index (χ3v) is 11.1. The molecule has 6 rings (SSSR count). The molecule has 0 bridgehead atoms. The van der Waals surface area contributed by atoms with Crippen molar-refractivity contribution in [3.05, 3.63) is 80.5 Å². The Hall–Kier alpha value is -4.26. The summed E-state index contributed by atoms with van der Waals surface area (Å²) in [5.41, 5.74) is 9.94. The van der Waals surface area contributed by atoms with Gasteiger partial charge < -0.3 is 19.1 Å². The zero-order valence-corrected chi connectivity index (χ0v) is 31.2. The molecule has 0 spiro atoms. The number of nitrogens with zero attached hydrogens (tertiary/aromatic N) is 6. The lowest BCUT2D eigenvalue weighted by molar-refractivity contribution is -0.140. The summed E-state index contributed by atoms with van der Waals surface area (Å²) in [6.45, 7) is 3.12. The van der Waals surface area contributed by atoms with Crippen LogP contribution in [-0.2, 0) is 73.5 Å². The number of halogens is 1. The molecule has 0 saturated heterocycles. The molecule has 1 N–H and O–H groups in total. The molecule has 0 fully saturated rings. The second kappa shape index (κ2) is 14.5. The molecule has 0 atom stereocenters. The molecule has 0 amide bonds. The lowest BCUT2D eigenvalue weighted by atomic mass is 9.98. The molecule has 0 aliphatic heterocycles. The van der Waals surface area contributed by atoms with Crippen LogP contribution in [-0.4, -0.2) is 67.3 Å². The smallest absolute Gasteiger partial charge is 0.354 e. The number of aryl methyl sites for hydroxylation is 5. The lowest BCUT2D eigenvalue weighted by Crippen LogP contribution is -2.18. The maximum absolute atomic E-state index is 13.1. The van der Waals surface area contributed by atoms with Crippen LogP contribution in [0.15, 0.2) is 35.2 Å². The van der Waals surface area contributed by atoms with Gasteiger partial charge in [0.1, 0.15) is 11.4 Å². The third-order valence-electron chi connectivity index (χ3n) is 9.66. The highest BCUT2D eigenvalue weighted by Gasteiger charge is 2.28. The number of rotatable bonds is 12. The van der Waals surface area contributed by atoms with E-state index in [4.69, 9.17) is 31.3 Å². The molecule has 1 aliphatic rings. The Labute approximate surface area is 301 Å². The molecule has 264 valence electrons. The number of ether oxygens (including phenoxy) is 2. The van der Waals surface area contributed by atoms with Gasteiger partial charge >= 0.3 is 11.9 Å². The quantitative estimate of drug-likeness (QED) is 0.117. The van der Waals surface area contributed by atoms with Gasteiger partial charge in [0.2, 0.25) is 0 Å². The summed E-state index contributed by atoms with van der Waals surface area (Å²) < 4.78 is 15.7. The van der Waals surface area contributed by atoms with E-state index in [9.17, 15) is 14.7 Å². The first-order valence-electron chi connectivity index (χ1n) is 16.6. The van der Waals surface area contributed by atoms with Gasteiger partial charge in [-0.2, -0.15) is 10.2 Å². The minimum Gasteiger partial charge on any atom is -0.508 e. The Kier molecular flexibility index (Phi) is 10.3. The molecular formula is C37H43ClN6O5S. The Morgan fingerprint density at radius 1 is 1.02 bits per heavy atom. The van der Waals surface area contributed by atoms with Crippen LogP contribution in [0.1, 0.15) is 62.8 Å². The molecular weight excluding hydrogens is 676 g/mol. The van der Waals surface area contributed by atoms with Crippen LogP contribution >= 0.6 is 23.4 Å². The number of fused-ring (bicyclic) bond motifs is 2. The number of hydrogen-bond donors (Lipinski definition) is 1. The average molecular weight is 719 g/mol. The summed E-state index contributed by atoms with van der Waals surface area (Å²) in [5.74, 6) is 0.226. The molecule has 2 aromatic carbocycles. The number of aromatic hydroxyl groups is 1. The van der Waals surface area contributed by atoms with Gasteiger partial charge in [-0.1, -0.05) is 17.7 Å². The van der Waals surface area contributed by atoms with Gasteiger partial charge in [-0.05, 0) is 80.6 Å². The number of carbonyl (C=O) groups excluding carboxylic acids is 2. The Bertz CT molecular complexity index is 2120. The maximum Gasteiger partial charge on any atom is 0.354 e. The first-order valence-corrected chi connectivity index (χ1v) is 17.9. The number of esters is 2. The summed E-state index contributed by atoms with van der Waals surface area (Å²) in [5, 5.41) is 21.3. The number of hydrogen-bond acceptors (Lipinski definition) is 9. The van der Waals surface area contributed by atoms with Crippen molar-refractivity contribution >= 4 is 46.2 Å². The number of thioether (sulfide) groups is 1. The highest BCUT2D eigenvalue weighted by molar-refractivity contribution is 7.98. The summed E-state index contributed by atoms with van der Waals surface area (Å²) in [6, 6.07) is 9.65. The van der Waals surface area contributed by atoms with Crippen molar-refractivity contribution < 1.29 is 24.2 Å². The second-order valence-corrected chi connectivity index (χ2v) is 14.4. The van der Waals surface area contributed by atoms with Crippen LogP contribution in [0.2, 0.25) is 5.02 Å². The van der Waals surface area contributed by atoms with E-state index in [0.29, 0.717) is 41.5 Å². The SMILES string of the molecule is COC(=O)CCc1c(C(=O)OC)n(C)c2c(-c3c(CN(C)Cc4cc(CSc5cc(O)cc6c5CCC6)n(C)n4)nn(C)c3C)c(Cl)ccc12. The van der Waals surface area contributed by atoms with E-state index >= 15 is 0 Å². The first kappa shape index (κ1) is 35.6. The monoisotopic (exact) mass is 718 g/mol. The Balaban J connectivity index is 1.28. The normalized spacial score (nSPS) is 12.7. The van der Waals surface area contributed by atoms with Crippen LogP contribution in [0.3, 0.4) is 0 Å². The zero-order chi connectivity index (χ0) is 35.9. The fourth-order valence-corrected chi connectivity index (χ4v) is 8.62. The van der Waals surface area contributed by atoms with Gasteiger partial charge in [-0.15, -0.1) is 11.8 Å². The van der Waals surface area contributed by atoms with Crippen molar-refractivity contribution in [2.24, 2.45) is 21.1 Å². The van der Waals surface area contributed by atoms with Crippen molar-refractivity contribution in [1.29, 1.82) is 0 Å². The highest BCUT2D eigenvalue weighted by atomic mass is 35.5. The van der Waals surface area contributed by atoms with Crippen LogP contribution in [0.4, 0.5) is 0 Å². The van der Waals surface area contributed by atoms with E-state index in [2.05, 4.69) is 11.0 Å². The van der Waals surface area contributed by atoms with E-state index in [0.717, 1.165) is 74.7 Å². The molecule has 1 aliphatic carbocycles. The predicted molar refractivity (Wildman–Crippen MR) is 195 cm³/mol. The van der Waals surface area contributed by atoms with Crippen LogP contribution in [0, 0.1) is 6.92 Å². The lowest BCUT2D eigenvalue weighted by Gasteiger charge is -2.16. The van der Waals surface area contributed by atoms with E-state index in [-0.39, 0.29) is 12.4 Å². The standard InChI is InChI=1S/C37H43ClN6O5S/c1-21-33(34-29(38)13-11-27-28(12-14-32(46)48-6)36(37(47)49-7)42(3)35(27)34)30(40-43(21)4)19-41(2)18-23-16-24(44(5)39-23)20-50-31-17-25(45)15-22-9-8-10-26(22)31/h11,13,15-17,45H,8-10,12,14,18-20H2,1-7H3. The Morgan fingerprint density at radius 2 is 1.80 bits per heavy atom. The second-order valence-electron chi connectivity index (χ2n) is 12.9. The van der Waals surface area contributed by atoms with Crippen LogP contribution in [0.25, 0.3) is 22.0 Å². The molecule has 3 heterocycles. The summed E-state index contributed by atoms with van der Waals surface area (Å²) >= 11 is 8.75. The summed E-state index contributed by atoms with van der Waals surface area (Å²) in [4.78, 5) is 28.5. The topological polar surface area (TPSA) is 117 Å². The van der Waals surface area contributed by atoms with E-state index in [1.54, 1.807) is 11.8 Å². The average Bonchev–Trinajstić information content (AvgIpc) is 3.83. The third kappa shape index (κ3) is 6.76. The maximum atomic E-state index is 13.1. The minimum absolute atomic E-state index is 0.116. The van der Waals surface area contributed by atoms with E-state index < -0.39 is 5.97 Å². The molecule has 3 aromatic heterocycles. The number of phenols is 1. The molecule has 50 heavy (non-hydrogen) atoms. The highest BCUT2D eigenvalue weighted by Crippen LogP contribution is 2.42. The fraction of sp³-hybridized carbons (Fsp3) is 0.405. The number of methoxy groups -OCH3 is 2. The number of benzene rings is 2. The number of aromatic nitrogens is 5. The zero-order valence-electron chi connectivity index (χ0n) is 29.6. The summed E-state index contributed by atoms with van der Waals surface area (Å²) in [7, 11) is 10.4. The number of phenolic OH excluding ortho intramolecular Hbond substituents is 1. The van der Waals surface area contributed by atoms with Gasteiger partial charge in [0.15, 0.2) is 0 Å². The molecule has 11 nitrogen and oxygen atoms in total. The van der Waals surface area contributed by atoms with E-state index in [1.807, 2.05) is 73.3 Å². The van der Waals surface area contributed by atoms with Crippen molar-refractivity contribution in [3.8, 4) is 16.9 Å². The summed E-state index contributed by atoms with van der Waals surface area (Å²) in [6.07, 6.45) is 3.63. The van der Waals surface area contributed by atoms with Gasteiger partial charge in [0, 0.05) is 79.2 Å². The van der Waals surface area contributed by atoms with Gasteiger partial charge in [0.05, 0.1) is 36.1 Å². The van der Waals surface area contributed by atoms with E-state index in [1.165, 1.54) is 25.3 Å². The van der Waals surface area contributed by atoms with Gasteiger partial charge in [0.25, 0.3) is 0 Å². The molecule has 0 unspecified atom stereocenters. The van der Waals surface area contributed by atoms with Crippen molar-refractivity contribution in [2.45, 2.75) is 62.8 Å². The predicted octanol–water partition coefficient (Wildman–Crippen LogP) is 6.28. The minimum atomic E-state index is -0.493. The van der Waals surface area contributed by atoms with Gasteiger partial charge in [-0.25, -0.2) is 4.79 Å².